The molecule has 1 saturated heterocycles. The van der Waals surface area contributed by atoms with Gasteiger partial charge in [0.2, 0.25) is 0 Å². The van der Waals surface area contributed by atoms with Gasteiger partial charge < -0.3 is 20.7 Å². The van der Waals surface area contributed by atoms with E-state index in [-0.39, 0.29) is 11.5 Å². The van der Waals surface area contributed by atoms with Crippen molar-refractivity contribution in [1.82, 2.24) is 10.2 Å². The molecule has 0 saturated carbocycles. The zero-order valence-corrected chi connectivity index (χ0v) is 14.7. The predicted octanol–water partition coefficient (Wildman–Crippen LogP) is 2.34. The molecular formula is C16H32N4O2. The molecule has 0 aliphatic carbocycles. The molecule has 1 rings (SSSR count). The Morgan fingerprint density at radius 2 is 1.95 bits per heavy atom. The first-order chi connectivity index (χ1) is 10.2. The van der Waals surface area contributed by atoms with Gasteiger partial charge in [-0.3, -0.25) is 4.99 Å². The van der Waals surface area contributed by atoms with Crippen LogP contribution >= 0.6 is 0 Å². The monoisotopic (exact) mass is 312 g/mol. The van der Waals surface area contributed by atoms with Crippen molar-refractivity contribution < 1.29 is 9.53 Å². The molecule has 0 unspecified atom stereocenters. The number of carbonyl (C=O) groups is 1. The van der Waals surface area contributed by atoms with E-state index < -0.39 is 5.60 Å². The summed E-state index contributed by atoms with van der Waals surface area (Å²) in [5, 5.41) is 3.09. The Morgan fingerprint density at radius 3 is 2.45 bits per heavy atom. The number of piperidine rings is 1. The smallest absolute Gasteiger partial charge is 0.410 e. The number of nitrogens with one attached hydrogen (secondary N) is 1. The van der Waals surface area contributed by atoms with Crippen LogP contribution in [0.3, 0.4) is 0 Å². The summed E-state index contributed by atoms with van der Waals surface area (Å²) >= 11 is 0. The second kappa shape index (κ2) is 7.70. The van der Waals surface area contributed by atoms with Crippen molar-refractivity contribution in [3.8, 4) is 0 Å². The molecule has 0 aromatic rings. The fourth-order valence-electron chi connectivity index (χ4n) is 2.30. The van der Waals surface area contributed by atoms with Crippen molar-refractivity contribution in [2.24, 2.45) is 16.1 Å². The molecule has 128 valence electrons. The van der Waals surface area contributed by atoms with E-state index in [1.165, 1.54) is 0 Å². The summed E-state index contributed by atoms with van der Waals surface area (Å²) < 4.78 is 5.42. The lowest BCUT2D eigenvalue weighted by atomic mass is 9.80. The molecule has 0 radical (unpaired) electrons. The zero-order chi connectivity index (χ0) is 16.8. The predicted molar refractivity (Wildman–Crippen MR) is 89.9 cm³/mol. The SMILES string of the molecule is CCCNC(N)=NCC1(C)CCN(C(=O)OC(C)(C)C)CC1. The summed E-state index contributed by atoms with van der Waals surface area (Å²) in [7, 11) is 0. The average Bonchev–Trinajstić information content (AvgIpc) is 2.42. The number of ether oxygens (including phenoxy) is 1. The lowest BCUT2D eigenvalue weighted by molar-refractivity contribution is 0.0127. The van der Waals surface area contributed by atoms with Crippen LogP contribution in [0.25, 0.3) is 0 Å². The first-order valence-corrected chi connectivity index (χ1v) is 8.17. The van der Waals surface area contributed by atoms with Crippen molar-refractivity contribution in [3.63, 3.8) is 0 Å². The number of likely N-dealkylation sites (tertiary alicyclic amines) is 1. The highest BCUT2D eigenvalue weighted by Gasteiger charge is 2.33. The van der Waals surface area contributed by atoms with Gasteiger partial charge in [0, 0.05) is 26.2 Å². The van der Waals surface area contributed by atoms with E-state index in [4.69, 9.17) is 10.5 Å². The Kier molecular flexibility index (Phi) is 6.50. The lowest BCUT2D eigenvalue weighted by Crippen LogP contribution is -2.45. The molecule has 6 nitrogen and oxygen atoms in total. The van der Waals surface area contributed by atoms with Gasteiger partial charge in [0.1, 0.15) is 5.60 Å². The summed E-state index contributed by atoms with van der Waals surface area (Å²) in [5.41, 5.74) is 5.49. The van der Waals surface area contributed by atoms with Gasteiger partial charge in [0.15, 0.2) is 5.96 Å². The van der Waals surface area contributed by atoms with Gasteiger partial charge in [0.25, 0.3) is 0 Å². The topological polar surface area (TPSA) is 80.0 Å². The summed E-state index contributed by atoms with van der Waals surface area (Å²) in [6.45, 7) is 12.9. The standard InChI is InChI=1S/C16H32N4O2/c1-6-9-18-13(17)19-12-16(5)7-10-20(11-8-16)14(21)22-15(2,3)4/h6-12H2,1-5H3,(H3,17,18,19). The second-order valence-corrected chi connectivity index (χ2v) is 7.41. The molecule has 0 atom stereocenters. The van der Waals surface area contributed by atoms with Crippen molar-refractivity contribution in [2.75, 3.05) is 26.2 Å². The molecule has 0 spiro atoms. The van der Waals surface area contributed by atoms with Crippen LogP contribution in [0.4, 0.5) is 4.79 Å². The Labute approximate surface area is 134 Å². The van der Waals surface area contributed by atoms with Crippen LogP contribution < -0.4 is 11.1 Å². The maximum atomic E-state index is 12.1. The Hall–Kier alpha value is -1.46. The molecule has 1 heterocycles. The van der Waals surface area contributed by atoms with Crippen LogP contribution in [0.1, 0.15) is 53.9 Å². The number of nitrogens with two attached hydrogens (primary N) is 1. The third-order valence-corrected chi connectivity index (χ3v) is 3.81. The van der Waals surface area contributed by atoms with Gasteiger partial charge >= 0.3 is 6.09 Å². The minimum atomic E-state index is -0.443. The van der Waals surface area contributed by atoms with Gasteiger partial charge in [-0.25, -0.2) is 4.79 Å². The van der Waals surface area contributed by atoms with Gasteiger partial charge in [-0.2, -0.15) is 0 Å². The van der Waals surface area contributed by atoms with E-state index in [1.807, 2.05) is 20.8 Å². The minimum absolute atomic E-state index is 0.0943. The van der Waals surface area contributed by atoms with Gasteiger partial charge in [-0.15, -0.1) is 0 Å². The molecule has 1 amide bonds. The molecule has 22 heavy (non-hydrogen) atoms. The molecule has 6 heteroatoms. The summed E-state index contributed by atoms with van der Waals surface area (Å²) in [5.74, 6) is 0.512. The molecule has 1 aliphatic heterocycles. The number of hydrogen-bond donors (Lipinski definition) is 2. The first kappa shape index (κ1) is 18.6. The van der Waals surface area contributed by atoms with Crippen LogP contribution in [-0.4, -0.2) is 48.7 Å². The van der Waals surface area contributed by atoms with Crippen LogP contribution in [-0.2, 0) is 4.74 Å². The number of guanidine groups is 1. The van der Waals surface area contributed by atoms with Crippen LogP contribution in [0.2, 0.25) is 0 Å². The van der Waals surface area contributed by atoms with Gasteiger partial charge in [-0.05, 0) is 45.4 Å². The fraction of sp³-hybridized carbons (Fsp3) is 0.875. The fourth-order valence-corrected chi connectivity index (χ4v) is 2.30. The molecule has 0 aromatic heterocycles. The summed E-state index contributed by atoms with van der Waals surface area (Å²) in [4.78, 5) is 18.3. The average molecular weight is 312 g/mol. The number of hydrogen-bond acceptors (Lipinski definition) is 3. The second-order valence-electron chi connectivity index (χ2n) is 7.41. The Bertz CT molecular complexity index is 393. The number of rotatable bonds is 4. The largest absolute Gasteiger partial charge is 0.444 e. The Morgan fingerprint density at radius 1 is 1.36 bits per heavy atom. The molecule has 3 N–H and O–H groups in total. The van der Waals surface area contributed by atoms with Crippen molar-refractivity contribution in [2.45, 2.75) is 59.5 Å². The van der Waals surface area contributed by atoms with E-state index in [9.17, 15) is 4.79 Å². The molecule has 1 aliphatic rings. The molecule has 1 fully saturated rings. The number of aliphatic imine (C=N–C) groups is 1. The lowest BCUT2D eigenvalue weighted by Gasteiger charge is -2.38. The van der Waals surface area contributed by atoms with Crippen molar-refractivity contribution in [3.05, 3.63) is 0 Å². The summed E-state index contributed by atoms with van der Waals surface area (Å²) in [6, 6.07) is 0. The maximum absolute atomic E-state index is 12.1. The highest BCUT2D eigenvalue weighted by atomic mass is 16.6. The summed E-state index contributed by atoms with van der Waals surface area (Å²) in [6.07, 6.45) is 2.63. The number of amides is 1. The van der Waals surface area contributed by atoms with Gasteiger partial charge in [0.05, 0.1) is 0 Å². The van der Waals surface area contributed by atoms with E-state index in [1.54, 1.807) is 4.90 Å². The highest BCUT2D eigenvalue weighted by molar-refractivity contribution is 5.77. The van der Waals surface area contributed by atoms with E-state index in [0.717, 1.165) is 25.8 Å². The van der Waals surface area contributed by atoms with E-state index in [0.29, 0.717) is 25.6 Å². The van der Waals surface area contributed by atoms with E-state index >= 15 is 0 Å². The highest BCUT2D eigenvalue weighted by Crippen LogP contribution is 2.31. The Balaban J connectivity index is 2.44. The first-order valence-electron chi connectivity index (χ1n) is 8.17. The van der Waals surface area contributed by atoms with Crippen LogP contribution in [0, 0.1) is 5.41 Å². The third-order valence-electron chi connectivity index (χ3n) is 3.81. The number of nitrogens with zero attached hydrogens (tertiary/aromatic N) is 2. The zero-order valence-electron chi connectivity index (χ0n) is 14.7. The quantitative estimate of drug-likeness (QED) is 0.617. The molecule has 0 bridgehead atoms. The van der Waals surface area contributed by atoms with Crippen molar-refractivity contribution in [1.29, 1.82) is 0 Å². The normalized spacial score (nSPS) is 19.0. The molecular weight excluding hydrogens is 280 g/mol. The number of carbonyl (C=O) groups excluding carboxylic acids is 1. The minimum Gasteiger partial charge on any atom is -0.444 e. The molecule has 0 aromatic carbocycles. The van der Waals surface area contributed by atoms with Crippen molar-refractivity contribution >= 4 is 12.1 Å². The van der Waals surface area contributed by atoms with E-state index in [2.05, 4.69) is 24.2 Å². The maximum Gasteiger partial charge on any atom is 0.410 e. The van der Waals surface area contributed by atoms with Gasteiger partial charge in [-0.1, -0.05) is 13.8 Å². The van der Waals surface area contributed by atoms with Crippen LogP contribution in [0.5, 0.6) is 0 Å². The van der Waals surface area contributed by atoms with Crippen LogP contribution in [0.15, 0.2) is 4.99 Å². The third kappa shape index (κ3) is 6.54.